The quantitative estimate of drug-likeness (QED) is 0.374. The van der Waals surface area contributed by atoms with E-state index in [0.29, 0.717) is 41.7 Å². The van der Waals surface area contributed by atoms with Crippen molar-refractivity contribution in [1.29, 1.82) is 0 Å². The molecular weight excluding hydrogens is 422 g/mol. The van der Waals surface area contributed by atoms with Gasteiger partial charge in [0.25, 0.3) is 5.91 Å². The lowest BCUT2D eigenvalue weighted by molar-refractivity contribution is 0.0448. The molecular formula is C23H31N7O3. The summed E-state index contributed by atoms with van der Waals surface area (Å²) in [5.41, 5.74) is 1.56. The normalized spacial score (nSPS) is 23.4. The van der Waals surface area contributed by atoms with Crippen LogP contribution < -0.4 is 16.0 Å². The fourth-order valence-electron chi connectivity index (χ4n) is 3.91. The minimum absolute atomic E-state index is 0.226. The Balaban J connectivity index is 1.62. The second kappa shape index (κ2) is 10.1. The summed E-state index contributed by atoms with van der Waals surface area (Å²) in [6.07, 6.45) is 8.19. The lowest BCUT2D eigenvalue weighted by Crippen LogP contribution is -2.50. The summed E-state index contributed by atoms with van der Waals surface area (Å²) in [6, 6.07) is 1.52. The van der Waals surface area contributed by atoms with Gasteiger partial charge in [-0.15, -0.1) is 0 Å². The van der Waals surface area contributed by atoms with Gasteiger partial charge in [-0.1, -0.05) is 12.7 Å². The number of amides is 1. The van der Waals surface area contributed by atoms with E-state index in [4.69, 9.17) is 4.74 Å². The Morgan fingerprint density at radius 1 is 1.39 bits per heavy atom. The predicted molar refractivity (Wildman–Crippen MR) is 127 cm³/mol. The lowest BCUT2D eigenvalue weighted by Gasteiger charge is -2.32. The number of anilines is 1. The molecule has 3 atom stereocenters. The number of rotatable bonds is 7. The monoisotopic (exact) mass is 453 g/mol. The topological polar surface area (TPSA) is 125 Å². The van der Waals surface area contributed by atoms with Gasteiger partial charge in [0.2, 0.25) is 0 Å². The van der Waals surface area contributed by atoms with Crippen LogP contribution in [0.15, 0.2) is 41.7 Å². The van der Waals surface area contributed by atoms with Crippen LogP contribution in [0, 0.1) is 5.92 Å². The molecule has 0 unspecified atom stereocenters. The predicted octanol–water partition coefficient (Wildman–Crippen LogP) is 2.16. The van der Waals surface area contributed by atoms with Crippen LogP contribution in [0.1, 0.15) is 43.0 Å². The molecule has 4 N–H and O–H groups in total. The summed E-state index contributed by atoms with van der Waals surface area (Å²) < 4.78 is 7.13. The molecule has 3 heterocycles. The van der Waals surface area contributed by atoms with E-state index in [9.17, 15) is 9.90 Å². The number of hydrogen-bond acceptors (Lipinski definition) is 7. The maximum absolute atomic E-state index is 12.8. The van der Waals surface area contributed by atoms with Crippen LogP contribution in [0.4, 0.5) is 11.6 Å². The molecule has 2 fully saturated rings. The standard InChI is InChI=1S/C23H31N7O3/c1-4-6-19(26-14(2)15-7-5-10-33-13-15)28-20-11-21(24-3)30-22(29-20)16(12-25-30)23(32)27-17-8-9-18(17)31/h4,6,11-12,15,17-18,24,31H,2,5,7-10,13H2,1,3H3,(H,27,32)(H,26,28,29)/b6-4-/t15-,17+,18-/m0/s1. The second-order valence-electron chi connectivity index (χ2n) is 8.33. The average Bonchev–Trinajstić information content (AvgIpc) is 3.25. The number of hydrogen-bond donors (Lipinski definition) is 4. The van der Waals surface area contributed by atoms with Crippen LogP contribution in [0.2, 0.25) is 0 Å². The molecule has 1 amide bonds. The second-order valence-corrected chi connectivity index (χ2v) is 8.33. The smallest absolute Gasteiger partial charge is 0.257 e. The van der Waals surface area contributed by atoms with Gasteiger partial charge in [0.1, 0.15) is 17.2 Å². The molecule has 2 aromatic heterocycles. The summed E-state index contributed by atoms with van der Waals surface area (Å²) in [7, 11) is 1.77. The van der Waals surface area contributed by atoms with E-state index >= 15 is 0 Å². The Morgan fingerprint density at radius 2 is 2.24 bits per heavy atom. The number of carbonyl (C=O) groups is 1. The Hall–Kier alpha value is -3.24. The van der Waals surface area contributed by atoms with Crippen LogP contribution in [-0.2, 0) is 4.74 Å². The van der Waals surface area contributed by atoms with Crippen molar-refractivity contribution in [3.63, 3.8) is 0 Å². The maximum atomic E-state index is 12.8. The number of aliphatic hydroxyl groups excluding tert-OH is 1. The Morgan fingerprint density at radius 3 is 2.88 bits per heavy atom. The molecule has 4 rings (SSSR count). The van der Waals surface area contributed by atoms with Gasteiger partial charge >= 0.3 is 0 Å². The van der Waals surface area contributed by atoms with Crippen molar-refractivity contribution in [2.24, 2.45) is 10.9 Å². The number of nitrogens with one attached hydrogen (secondary N) is 3. The summed E-state index contributed by atoms with van der Waals surface area (Å²) in [6.45, 7) is 7.52. The molecule has 0 bridgehead atoms. The molecule has 10 nitrogen and oxygen atoms in total. The number of aliphatic hydroxyl groups is 1. The summed E-state index contributed by atoms with van der Waals surface area (Å²) in [4.78, 5) is 22.1. The summed E-state index contributed by atoms with van der Waals surface area (Å²) in [5.74, 6) is 1.56. The molecule has 0 spiro atoms. The molecule has 0 radical (unpaired) electrons. The van der Waals surface area contributed by atoms with Gasteiger partial charge in [-0.3, -0.25) is 4.79 Å². The Bertz CT molecular complexity index is 1090. The minimum Gasteiger partial charge on any atom is -0.391 e. The van der Waals surface area contributed by atoms with Gasteiger partial charge in [-0.25, -0.2) is 9.98 Å². The van der Waals surface area contributed by atoms with E-state index in [2.05, 4.69) is 37.6 Å². The van der Waals surface area contributed by atoms with Crippen molar-refractivity contribution in [1.82, 2.24) is 25.2 Å². The number of amidine groups is 1. The van der Waals surface area contributed by atoms with Crippen molar-refractivity contribution in [2.45, 2.75) is 44.8 Å². The molecule has 33 heavy (non-hydrogen) atoms. The Kier molecular flexibility index (Phi) is 7.05. The molecule has 1 aliphatic carbocycles. The van der Waals surface area contributed by atoms with Gasteiger partial charge in [-0.05, 0) is 38.7 Å². The van der Waals surface area contributed by atoms with Crippen molar-refractivity contribution in [3.8, 4) is 0 Å². The van der Waals surface area contributed by atoms with E-state index in [-0.39, 0.29) is 17.9 Å². The van der Waals surface area contributed by atoms with E-state index in [0.717, 1.165) is 31.6 Å². The number of ether oxygens (including phenoxy) is 1. The van der Waals surface area contributed by atoms with Crippen LogP contribution in [0.5, 0.6) is 0 Å². The van der Waals surface area contributed by atoms with Crippen molar-refractivity contribution in [2.75, 3.05) is 25.6 Å². The first-order chi connectivity index (χ1) is 16.0. The first-order valence-corrected chi connectivity index (χ1v) is 11.3. The molecule has 10 heteroatoms. The van der Waals surface area contributed by atoms with Crippen LogP contribution in [0.3, 0.4) is 0 Å². The lowest BCUT2D eigenvalue weighted by atomic mass is 9.89. The third-order valence-electron chi connectivity index (χ3n) is 6.01. The molecule has 1 aliphatic heterocycles. The fourth-order valence-corrected chi connectivity index (χ4v) is 3.91. The van der Waals surface area contributed by atoms with Gasteiger partial charge in [0.05, 0.1) is 24.9 Å². The Labute approximate surface area is 192 Å². The number of aromatic nitrogens is 3. The summed E-state index contributed by atoms with van der Waals surface area (Å²) >= 11 is 0. The molecule has 176 valence electrons. The number of nitrogens with zero attached hydrogens (tertiary/aromatic N) is 4. The van der Waals surface area contributed by atoms with Gasteiger partial charge < -0.3 is 25.8 Å². The number of carbonyl (C=O) groups excluding carboxylic acids is 1. The van der Waals surface area contributed by atoms with Gasteiger partial charge in [-0.2, -0.15) is 9.61 Å². The molecule has 2 aliphatic rings. The highest BCUT2D eigenvalue weighted by atomic mass is 16.5. The van der Waals surface area contributed by atoms with Gasteiger partial charge in [0, 0.05) is 31.3 Å². The first-order valence-electron chi connectivity index (χ1n) is 11.3. The highest BCUT2D eigenvalue weighted by molar-refractivity contribution is 6.00. The highest BCUT2D eigenvalue weighted by Crippen LogP contribution is 2.24. The number of aliphatic imine (C=N–C) groups is 1. The molecule has 0 aromatic carbocycles. The van der Waals surface area contributed by atoms with Crippen molar-refractivity contribution in [3.05, 3.63) is 42.3 Å². The zero-order valence-corrected chi connectivity index (χ0v) is 19.0. The van der Waals surface area contributed by atoms with E-state index in [1.54, 1.807) is 17.6 Å². The van der Waals surface area contributed by atoms with Gasteiger partial charge in [0.15, 0.2) is 11.5 Å². The highest BCUT2D eigenvalue weighted by Gasteiger charge is 2.31. The molecule has 1 saturated heterocycles. The van der Waals surface area contributed by atoms with E-state index in [1.807, 2.05) is 19.1 Å². The van der Waals surface area contributed by atoms with Crippen LogP contribution in [-0.4, -0.2) is 63.9 Å². The van der Waals surface area contributed by atoms with Crippen molar-refractivity contribution < 1.29 is 14.6 Å². The fraction of sp³-hybridized carbons (Fsp3) is 0.478. The van der Waals surface area contributed by atoms with E-state index < -0.39 is 6.10 Å². The first kappa shape index (κ1) is 22.9. The zero-order valence-electron chi connectivity index (χ0n) is 19.0. The van der Waals surface area contributed by atoms with E-state index in [1.165, 1.54) is 6.20 Å². The third-order valence-corrected chi connectivity index (χ3v) is 6.01. The zero-order chi connectivity index (χ0) is 23.4. The number of fused-ring (bicyclic) bond motifs is 1. The average molecular weight is 454 g/mol. The summed E-state index contributed by atoms with van der Waals surface area (Å²) in [5, 5.41) is 23.3. The largest absolute Gasteiger partial charge is 0.391 e. The minimum atomic E-state index is -0.506. The van der Waals surface area contributed by atoms with Crippen LogP contribution in [0.25, 0.3) is 5.65 Å². The van der Waals surface area contributed by atoms with Crippen molar-refractivity contribution >= 4 is 29.0 Å². The molecule has 1 saturated carbocycles. The number of allylic oxidation sites excluding steroid dienone is 1. The SMILES string of the molecule is C=C(NC(/C=C\C)=Nc1cc(NC)n2ncc(C(=O)N[C@@H]3CC[C@@H]3O)c2n1)[C@H]1CCCOC1. The molecule has 2 aromatic rings. The third kappa shape index (κ3) is 5.07. The van der Waals surface area contributed by atoms with Crippen LogP contribution >= 0.6 is 0 Å². The maximum Gasteiger partial charge on any atom is 0.257 e.